The Balaban J connectivity index is 2.18. The molecule has 1 fully saturated rings. The molecule has 1 N–H and O–H groups in total. The van der Waals surface area contributed by atoms with E-state index in [2.05, 4.69) is 10.5 Å². The Bertz CT molecular complexity index is 505. The number of nitrogens with one attached hydrogen (secondary N) is 1. The van der Waals surface area contributed by atoms with Crippen LogP contribution < -0.4 is 5.43 Å². The number of cyclic esters (lactones) is 1. The largest absolute Gasteiger partial charge is 0.458 e. The van der Waals surface area contributed by atoms with E-state index < -0.39 is 5.97 Å². The summed E-state index contributed by atoms with van der Waals surface area (Å²) in [4.78, 5) is 13.2. The van der Waals surface area contributed by atoms with E-state index in [0.717, 1.165) is 0 Å². The van der Waals surface area contributed by atoms with Crippen molar-refractivity contribution in [1.29, 1.82) is 0 Å². The van der Waals surface area contributed by atoms with Gasteiger partial charge in [0.2, 0.25) is 5.84 Å². The summed E-state index contributed by atoms with van der Waals surface area (Å²) in [7, 11) is 1.76. The van der Waals surface area contributed by atoms with Gasteiger partial charge in [-0.15, -0.1) is 5.10 Å². The maximum absolute atomic E-state index is 11.5. The van der Waals surface area contributed by atoms with Gasteiger partial charge in [-0.2, -0.15) is 0 Å². The molecule has 96 valence electrons. The minimum Gasteiger partial charge on any atom is -0.458 e. The number of morpholine rings is 1. The molecule has 1 saturated heterocycles. The minimum atomic E-state index is -0.464. The molecular formula is C11H11Cl2N3O2. The van der Waals surface area contributed by atoms with Gasteiger partial charge in [0.25, 0.3) is 0 Å². The van der Waals surface area contributed by atoms with Gasteiger partial charge in [0.05, 0.1) is 17.3 Å². The number of anilines is 1. The summed E-state index contributed by atoms with van der Waals surface area (Å²) in [6, 6.07) is 4.95. The number of ether oxygens (including phenoxy) is 1. The molecule has 0 aliphatic carbocycles. The van der Waals surface area contributed by atoms with Crippen molar-refractivity contribution < 1.29 is 9.53 Å². The van der Waals surface area contributed by atoms with Gasteiger partial charge in [0.15, 0.2) is 0 Å². The normalized spacial score (nSPS) is 17.8. The highest BCUT2D eigenvalue weighted by atomic mass is 35.5. The van der Waals surface area contributed by atoms with E-state index in [1.807, 2.05) is 0 Å². The van der Waals surface area contributed by atoms with E-state index in [-0.39, 0.29) is 5.84 Å². The molecule has 1 aliphatic rings. The Morgan fingerprint density at radius 1 is 1.44 bits per heavy atom. The van der Waals surface area contributed by atoms with Gasteiger partial charge in [-0.05, 0) is 18.2 Å². The number of amidine groups is 1. The van der Waals surface area contributed by atoms with Crippen LogP contribution in [0.4, 0.5) is 5.69 Å². The van der Waals surface area contributed by atoms with Gasteiger partial charge in [-0.3, -0.25) is 5.43 Å². The Morgan fingerprint density at radius 2 is 2.22 bits per heavy atom. The lowest BCUT2D eigenvalue weighted by Gasteiger charge is -2.24. The molecule has 7 heteroatoms. The number of rotatable bonds is 2. The van der Waals surface area contributed by atoms with E-state index in [1.165, 1.54) is 0 Å². The predicted molar refractivity (Wildman–Crippen MR) is 71.1 cm³/mol. The number of nitrogens with zero attached hydrogens (tertiary/aromatic N) is 2. The van der Waals surface area contributed by atoms with Crippen molar-refractivity contribution in [2.24, 2.45) is 5.10 Å². The van der Waals surface area contributed by atoms with Crippen LogP contribution in [0, 0.1) is 0 Å². The monoisotopic (exact) mass is 287 g/mol. The third kappa shape index (κ3) is 2.86. The summed E-state index contributed by atoms with van der Waals surface area (Å²) in [5, 5.41) is 4.99. The molecule has 1 aromatic carbocycles. The van der Waals surface area contributed by atoms with Crippen LogP contribution in [0.15, 0.2) is 23.3 Å². The summed E-state index contributed by atoms with van der Waals surface area (Å²) >= 11 is 11.8. The second kappa shape index (κ2) is 5.46. The van der Waals surface area contributed by atoms with Crippen molar-refractivity contribution in [3.05, 3.63) is 28.2 Å². The van der Waals surface area contributed by atoms with Crippen molar-refractivity contribution in [2.45, 2.75) is 0 Å². The number of halogens is 2. The number of esters is 1. The van der Waals surface area contributed by atoms with Gasteiger partial charge in [0, 0.05) is 12.1 Å². The van der Waals surface area contributed by atoms with Crippen LogP contribution in [-0.2, 0) is 9.53 Å². The number of hydrazone groups is 1. The summed E-state index contributed by atoms with van der Waals surface area (Å²) in [5.74, 6) is -0.258. The lowest BCUT2D eigenvalue weighted by molar-refractivity contribution is -0.138. The molecule has 0 radical (unpaired) electrons. The number of carbonyl (C=O) groups is 1. The molecule has 5 nitrogen and oxygen atoms in total. The molecule has 0 atom stereocenters. The quantitative estimate of drug-likeness (QED) is 0.669. The highest BCUT2D eigenvalue weighted by Crippen LogP contribution is 2.25. The molecule has 1 aromatic rings. The fraction of sp³-hybridized carbons (Fsp3) is 0.273. The van der Waals surface area contributed by atoms with Crippen LogP contribution >= 0.6 is 23.2 Å². The zero-order valence-electron chi connectivity index (χ0n) is 9.61. The molecule has 0 aromatic heterocycles. The van der Waals surface area contributed by atoms with E-state index in [4.69, 9.17) is 27.9 Å². The predicted octanol–water partition coefficient (Wildman–Crippen LogP) is 2.21. The first-order valence-electron chi connectivity index (χ1n) is 5.25. The molecule has 0 saturated carbocycles. The molecule has 18 heavy (non-hydrogen) atoms. The number of carbonyl (C=O) groups excluding carboxylic acids is 1. The third-order valence-electron chi connectivity index (χ3n) is 2.41. The molecule has 1 heterocycles. The second-order valence-electron chi connectivity index (χ2n) is 3.73. The van der Waals surface area contributed by atoms with Crippen LogP contribution in [0.1, 0.15) is 0 Å². The van der Waals surface area contributed by atoms with Gasteiger partial charge < -0.3 is 9.64 Å². The lowest BCUT2D eigenvalue weighted by Crippen LogP contribution is -2.43. The van der Waals surface area contributed by atoms with E-state index in [9.17, 15) is 4.79 Å². The number of benzene rings is 1. The van der Waals surface area contributed by atoms with Crippen molar-refractivity contribution in [3.8, 4) is 0 Å². The highest BCUT2D eigenvalue weighted by molar-refractivity contribution is 6.36. The standard InChI is InChI=1S/C11H11Cl2N3O2/c1-16-4-5-18-11(17)10(16)15-14-9-6-7(12)2-3-8(9)13/h2-3,6,14H,4-5H2,1H3/b15-10+. The van der Waals surface area contributed by atoms with Crippen molar-refractivity contribution in [1.82, 2.24) is 4.90 Å². The fourth-order valence-corrected chi connectivity index (χ4v) is 1.76. The molecule has 0 spiro atoms. The fourth-order valence-electron chi connectivity index (χ4n) is 1.43. The Kier molecular flexibility index (Phi) is 3.93. The molecule has 1 aliphatic heterocycles. The molecule has 2 rings (SSSR count). The Hall–Kier alpha value is -1.46. The Labute approximate surface area is 114 Å². The first-order valence-corrected chi connectivity index (χ1v) is 6.00. The summed E-state index contributed by atoms with van der Waals surface area (Å²) in [6.45, 7) is 0.974. The molecule has 0 amide bonds. The van der Waals surface area contributed by atoms with E-state index in [0.29, 0.717) is 28.9 Å². The SMILES string of the molecule is CN1CCOC(=O)/C1=N\Nc1cc(Cl)ccc1Cl. The molecule has 0 bridgehead atoms. The smallest absolute Gasteiger partial charge is 0.376 e. The average Bonchev–Trinajstić information content (AvgIpc) is 2.33. The van der Waals surface area contributed by atoms with Crippen LogP contribution in [0.3, 0.4) is 0 Å². The first kappa shape index (κ1) is 13.0. The summed E-state index contributed by atoms with van der Waals surface area (Å²) in [5.41, 5.74) is 3.24. The van der Waals surface area contributed by atoms with Crippen molar-refractivity contribution in [2.75, 3.05) is 25.6 Å². The minimum absolute atomic E-state index is 0.206. The number of hydrogen-bond donors (Lipinski definition) is 1. The van der Waals surface area contributed by atoms with Crippen molar-refractivity contribution in [3.63, 3.8) is 0 Å². The lowest BCUT2D eigenvalue weighted by atomic mass is 10.3. The zero-order valence-corrected chi connectivity index (χ0v) is 11.1. The van der Waals surface area contributed by atoms with Gasteiger partial charge in [-0.25, -0.2) is 4.79 Å². The van der Waals surface area contributed by atoms with Gasteiger partial charge >= 0.3 is 5.97 Å². The summed E-state index contributed by atoms with van der Waals surface area (Å²) < 4.78 is 4.89. The molecular weight excluding hydrogens is 277 g/mol. The highest BCUT2D eigenvalue weighted by Gasteiger charge is 2.23. The topological polar surface area (TPSA) is 53.9 Å². The van der Waals surface area contributed by atoms with Crippen LogP contribution in [0.2, 0.25) is 10.0 Å². The maximum Gasteiger partial charge on any atom is 0.376 e. The van der Waals surface area contributed by atoms with Crippen molar-refractivity contribution >= 4 is 40.7 Å². The average molecular weight is 288 g/mol. The van der Waals surface area contributed by atoms with Crippen LogP contribution in [0.25, 0.3) is 0 Å². The second-order valence-corrected chi connectivity index (χ2v) is 4.57. The van der Waals surface area contributed by atoms with Gasteiger partial charge in [-0.1, -0.05) is 23.2 Å². The third-order valence-corrected chi connectivity index (χ3v) is 2.98. The van der Waals surface area contributed by atoms with Crippen LogP contribution in [-0.4, -0.2) is 36.9 Å². The van der Waals surface area contributed by atoms with Crippen LogP contribution in [0.5, 0.6) is 0 Å². The van der Waals surface area contributed by atoms with Gasteiger partial charge in [0.1, 0.15) is 6.61 Å². The number of likely N-dealkylation sites (N-methyl/N-ethyl adjacent to an activating group) is 1. The number of hydrogen-bond acceptors (Lipinski definition) is 4. The first-order chi connectivity index (χ1) is 8.58. The summed E-state index contributed by atoms with van der Waals surface area (Å²) in [6.07, 6.45) is 0. The molecule has 0 unspecified atom stereocenters. The maximum atomic E-state index is 11.5. The zero-order chi connectivity index (χ0) is 13.1. The Morgan fingerprint density at radius 3 is 2.94 bits per heavy atom. The van der Waals surface area contributed by atoms with E-state index >= 15 is 0 Å². The van der Waals surface area contributed by atoms with E-state index in [1.54, 1.807) is 30.1 Å².